The van der Waals surface area contributed by atoms with Gasteiger partial charge in [-0.05, 0) is 43.5 Å². The molecular weight excluding hydrogens is 306 g/mol. The Balaban J connectivity index is 2.29. The maximum atomic E-state index is 12.5. The smallest absolute Gasteiger partial charge is 0.252 e. The summed E-state index contributed by atoms with van der Waals surface area (Å²) in [5.74, 6) is -0.356. The fourth-order valence-electron chi connectivity index (χ4n) is 2.79. The quantitative estimate of drug-likeness (QED) is 0.688. The molecule has 1 aromatic rings. The van der Waals surface area contributed by atoms with Gasteiger partial charge in [-0.15, -0.1) is 0 Å². The van der Waals surface area contributed by atoms with E-state index in [2.05, 4.69) is 4.72 Å². The number of rotatable bonds is 6. The van der Waals surface area contributed by atoms with Gasteiger partial charge in [0.2, 0.25) is 10.0 Å². The number of primary amides is 1. The molecule has 2 atom stereocenters. The second-order valence-corrected chi connectivity index (χ2v) is 7.09. The predicted octanol–water partition coefficient (Wildman–Crippen LogP) is 0.200. The molecular formula is C14H21N3O4S. The molecule has 1 aromatic carbocycles. The van der Waals surface area contributed by atoms with E-state index in [-0.39, 0.29) is 28.2 Å². The van der Waals surface area contributed by atoms with E-state index in [9.17, 15) is 13.2 Å². The van der Waals surface area contributed by atoms with Crippen molar-refractivity contribution in [3.05, 3.63) is 23.8 Å². The maximum Gasteiger partial charge on any atom is 0.252 e. The molecule has 1 aliphatic carbocycles. The SMILES string of the molecule is COc1ccc(S(=O)(=O)NC2CCCC2CN)cc1C(N)=O. The number of nitrogens with two attached hydrogens (primary N) is 2. The Morgan fingerprint density at radius 1 is 1.41 bits per heavy atom. The van der Waals surface area contributed by atoms with Gasteiger partial charge in [-0.2, -0.15) is 0 Å². The topological polar surface area (TPSA) is 125 Å². The first-order valence-electron chi connectivity index (χ1n) is 7.09. The van der Waals surface area contributed by atoms with Crippen LogP contribution in [0.4, 0.5) is 0 Å². The monoisotopic (exact) mass is 327 g/mol. The van der Waals surface area contributed by atoms with E-state index in [0.717, 1.165) is 19.3 Å². The van der Waals surface area contributed by atoms with Crippen LogP contribution >= 0.6 is 0 Å². The zero-order valence-corrected chi connectivity index (χ0v) is 13.2. The molecule has 1 amide bonds. The molecule has 7 nitrogen and oxygen atoms in total. The van der Waals surface area contributed by atoms with Crippen LogP contribution in [-0.4, -0.2) is 34.0 Å². The van der Waals surface area contributed by atoms with E-state index >= 15 is 0 Å². The van der Waals surface area contributed by atoms with Gasteiger partial charge in [0.15, 0.2) is 0 Å². The van der Waals surface area contributed by atoms with Crippen LogP contribution in [0.15, 0.2) is 23.1 Å². The van der Waals surface area contributed by atoms with E-state index in [1.165, 1.54) is 25.3 Å². The number of benzene rings is 1. The number of methoxy groups -OCH3 is 1. The number of carbonyl (C=O) groups is 1. The van der Waals surface area contributed by atoms with Crippen LogP contribution in [0, 0.1) is 5.92 Å². The van der Waals surface area contributed by atoms with E-state index in [1.807, 2.05) is 0 Å². The van der Waals surface area contributed by atoms with Crippen LogP contribution in [0.5, 0.6) is 5.75 Å². The van der Waals surface area contributed by atoms with Crippen molar-refractivity contribution in [3.63, 3.8) is 0 Å². The van der Waals surface area contributed by atoms with Crippen molar-refractivity contribution in [2.45, 2.75) is 30.2 Å². The standard InChI is InChI=1S/C14H21N3O4S/c1-21-13-6-5-10(7-11(13)14(16)18)22(19,20)17-12-4-2-3-9(12)8-15/h5-7,9,12,17H,2-4,8,15H2,1H3,(H2,16,18). The minimum Gasteiger partial charge on any atom is -0.496 e. The third-order valence-electron chi connectivity index (χ3n) is 4.02. The van der Waals surface area contributed by atoms with Crippen molar-refractivity contribution in [3.8, 4) is 5.75 Å². The second-order valence-electron chi connectivity index (χ2n) is 5.38. The highest BCUT2D eigenvalue weighted by Crippen LogP contribution is 2.27. The van der Waals surface area contributed by atoms with Crippen LogP contribution in [0.25, 0.3) is 0 Å². The summed E-state index contributed by atoms with van der Waals surface area (Å²) in [6.07, 6.45) is 2.63. The Hall–Kier alpha value is -1.64. The zero-order valence-electron chi connectivity index (χ0n) is 12.4. The first-order chi connectivity index (χ1) is 10.4. The molecule has 0 aliphatic heterocycles. The van der Waals surface area contributed by atoms with Crippen LogP contribution in [0.2, 0.25) is 0 Å². The van der Waals surface area contributed by atoms with Crippen molar-refractivity contribution in [2.24, 2.45) is 17.4 Å². The summed E-state index contributed by atoms with van der Waals surface area (Å²) in [6, 6.07) is 3.87. The number of carbonyl (C=O) groups excluding carboxylic acids is 1. The lowest BCUT2D eigenvalue weighted by Gasteiger charge is -2.19. The minimum absolute atomic E-state index is 0.00947. The van der Waals surface area contributed by atoms with Crippen LogP contribution in [0.3, 0.4) is 0 Å². The van der Waals surface area contributed by atoms with Gasteiger partial charge in [-0.1, -0.05) is 6.42 Å². The van der Waals surface area contributed by atoms with Gasteiger partial charge in [0.05, 0.1) is 17.6 Å². The van der Waals surface area contributed by atoms with Crippen molar-refractivity contribution >= 4 is 15.9 Å². The molecule has 2 rings (SSSR count). The van der Waals surface area contributed by atoms with Crippen molar-refractivity contribution in [1.29, 1.82) is 0 Å². The van der Waals surface area contributed by atoms with Crippen LogP contribution < -0.4 is 20.9 Å². The number of amides is 1. The van der Waals surface area contributed by atoms with Crippen LogP contribution in [-0.2, 0) is 10.0 Å². The Morgan fingerprint density at radius 3 is 2.73 bits per heavy atom. The number of hydrogen-bond acceptors (Lipinski definition) is 5. The summed E-state index contributed by atoms with van der Waals surface area (Å²) in [7, 11) is -2.35. The highest BCUT2D eigenvalue weighted by Gasteiger charge is 2.30. The lowest BCUT2D eigenvalue weighted by Crippen LogP contribution is -2.39. The van der Waals surface area contributed by atoms with E-state index in [0.29, 0.717) is 6.54 Å². The lowest BCUT2D eigenvalue weighted by atomic mass is 10.1. The van der Waals surface area contributed by atoms with Gasteiger partial charge in [-0.3, -0.25) is 4.79 Å². The highest BCUT2D eigenvalue weighted by molar-refractivity contribution is 7.89. The molecule has 5 N–H and O–H groups in total. The Bertz CT molecular complexity index is 660. The fourth-order valence-corrected chi connectivity index (χ4v) is 4.15. The largest absolute Gasteiger partial charge is 0.496 e. The predicted molar refractivity (Wildman–Crippen MR) is 82.0 cm³/mol. The van der Waals surface area contributed by atoms with Gasteiger partial charge < -0.3 is 16.2 Å². The van der Waals surface area contributed by atoms with Crippen LogP contribution in [0.1, 0.15) is 29.6 Å². The minimum atomic E-state index is -3.74. The molecule has 22 heavy (non-hydrogen) atoms. The Labute approximate surface area is 130 Å². The second kappa shape index (κ2) is 6.64. The molecule has 0 aromatic heterocycles. The molecule has 0 spiro atoms. The molecule has 8 heteroatoms. The molecule has 0 bridgehead atoms. The number of nitrogens with one attached hydrogen (secondary N) is 1. The zero-order chi connectivity index (χ0) is 16.3. The Kier molecular flexibility index (Phi) is 5.05. The molecule has 0 heterocycles. The summed E-state index contributed by atoms with van der Waals surface area (Å²) < 4.78 is 32.6. The van der Waals surface area contributed by atoms with Gasteiger partial charge in [0, 0.05) is 6.04 Å². The fraction of sp³-hybridized carbons (Fsp3) is 0.500. The van der Waals surface area contributed by atoms with Gasteiger partial charge >= 0.3 is 0 Å². The summed E-state index contributed by atoms with van der Waals surface area (Å²) in [5, 5.41) is 0. The summed E-state index contributed by atoms with van der Waals surface area (Å²) >= 11 is 0. The summed E-state index contributed by atoms with van der Waals surface area (Å²) in [5.41, 5.74) is 11.0. The normalized spacial score (nSPS) is 21.7. The molecule has 2 unspecified atom stereocenters. The molecule has 1 saturated carbocycles. The summed E-state index contributed by atoms with van der Waals surface area (Å²) in [4.78, 5) is 11.4. The third kappa shape index (κ3) is 3.40. The average Bonchev–Trinajstić information content (AvgIpc) is 2.92. The first-order valence-corrected chi connectivity index (χ1v) is 8.57. The van der Waals surface area contributed by atoms with Gasteiger partial charge in [0.1, 0.15) is 5.75 Å². The molecule has 1 aliphatic rings. The van der Waals surface area contributed by atoms with Crippen molar-refractivity contribution < 1.29 is 17.9 Å². The van der Waals surface area contributed by atoms with E-state index in [1.54, 1.807) is 0 Å². The number of ether oxygens (including phenoxy) is 1. The highest BCUT2D eigenvalue weighted by atomic mass is 32.2. The molecule has 1 fully saturated rings. The van der Waals surface area contributed by atoms with Gasteiger partial charge in [-0.25, -0.2) is 13.1 Å². The van der Waals surface area contributed by atoms with E-state index < -0.39 is 15.9 Å². The lowest BCUT2D eigenvalue weighted by molar-refractivity contribution is 0.0997. The average molecular weight is 327 g/mol. The molecule has 0 saturated heterocycles. The van der Waals surface area contributed by atoms with E-state index in [4.69, 9.17) is 16.2 Å². The molecule has 122 valence electrons. The van der Waals surface area contributed by atoms with Crippen molar-refractivity contribution in [2.75, 3.05) is 13.7 Å². The number of sulfonamides is 1. The third-order valence-corrected chi connectivity index (χ3v) is 5.50. The first kappa shape index (κ1) is 16.7. The maximum absolute atomic E-state index is 12.5. The van der Waals surface area contributed by atoms with Crippen molar-refractivity contribution in [1.82, 2.24) is 4.72 Å². The van der Waals surface area contributed by atoms with Gasteiger partial charge in [0.25, 0.3) is 5.91 Å². The molecule has 0 radical (unpaired) electrons. The number of hydrogen-bond donors (Lipinski definition) is 3. The Morgan fingerprint density at radius 2 is 2.14 bits per heavy atom. The summed E-state index contributed by atoms with van der Waals surface area (Å²) in [6.45, 7) is 0.447.